The maximum Gasteiger partial charge on any atom is 0.337 e. The molecule has 1 aromatic rings. The molecule has 0 aromatic heterocycles. The van der Waals surface area contributed by atoms with Crippen LogP contribution in [0.2, 0.25) is 0 Å². The molecule has 2 aliphatic rings. The van der Waals surface area contributed by atoms with Crippen molar-refractivity contribution in [2.24, 2.45) is 17.8 Å². The van der Waals surface area contributed by atoms with E-state index in [1.807, 2.05) is 6.07 Å². The lowest BCUT2D eigenvalue weighted by Crippen LogP contribution is -2.31. The van der Waals surface area contributed by atoms with E-state index >= 15 is 0 Å². The van der Waals surface area contributed by atoms with Gasteiger partial charge in [-0.05, 0) is 42.9 Å². The molecule has 4 heteroatoms. The predicted octanol–water partition coefficient (Wildman–Crippen LogP) is 2.42. The van der Waals surface area contributed by atoms with E-state index in [0.717, 1.165) is 18.5 Å². The van der Waals surface area contributed by atoms with Crippen molar-refractivity contribution in [2.75, 3.05) is 12.4 Å². The third-order valence-electron chi connectivity index (χ3n) is 4.33. The molecular weight excluding hydrogens is 254 g/mol. The molecule has 2 aliphatic carbocycles. The topological polar surface area (TPSA) is 58.6 Å². The number of ether oxygens (including phenoxy) is 1. The normalized spacial score (nSPS) is 28.4. The van der Waals surface area contributed by atoms with Crippen molar-refractivity contribution in [3.05, 3.63) is 42.0 Å². The summed E-state index contributed by atoms with van der Waals surface area (Å²) in [6.07, 6.45) is 6.08. The van der Waals surface area contributed by atoms with E-state index < -0.39 is 6.23 Å². The zero-order valence-electron chi connectivity index (χ0n) is 11.5. The average Bonchev–Trinajstić information content (AvgIpc) is 3.09. The van der Waals surface area contributed by atoms with Crippen LogP contribution in [0, 0.1) is 17.8 Å². The minimum atomic E-state index is -0.581. The summed E-state index contributed by atoms with van der Waals surface area (Å²) in [5.74, 6) is 0.993. The van der Waals surface area contributed by atoms with Crippen LogP contribution >= 0.6 is 0 Å². The lowest BCUT2D eigenvalue weighted by Gasteiger charge is -2.25. The van der Waals surface area contributed by atoms with Crippen molar-refractivity contribution < 1.29 is 14.6 Å². The molecule has 20 heavy (non-hydrogen) atoms. The molecule has 0 spiro atoms. The summed E-state index contributed by atoms with van der Waals surface area (Å²) in [6.45, 7) is 0. The Morgan fingerprint density at radius 1 is 1.40 bits per heavy atom. The lowest BCUT2D eigenvalue weighted by atomic mass is 9.92. The Balaban J connectivity index is 1.68. The Morgan fingerprint density at radius 3 is 2.90 bits per heavy atom. The van der Waals surface area contributed by atoms with Crippen LogP contribution in [-0.2, 0) is 4.74 Å². The van der Waals surface area contributed by atoms with E-state index in [1.54, 1.807) is 18.2 Å². The van der Waals surface area contributed by atoms with Crippen LogP contribution in [0.5, 0.6) is 0 Å². The Bertz CT molecular complexity index is 540. The summed E-state index contributed by atoms with van der Waals surface area (Å²) in [6, 6.07) is 7.03. The summed E-state index contributed by atoms with van der Waals surface area (Å²) in [5, 5.41) is 13.5. The zero-order valence-corrected chi connectivity index (χ0v) is 11.5. The summed E-state index contributed by atoms with van der Waals surface area (Å²) in [4.78, 5) is 11.5. The number of esters is 1. The maximum atomic E-state index is 11.5. The molecule has 1 saturated carbocycles. The molecule has 4 atom stereocenters. The highest BCUT2D eigenvalue weighted by Gasteiger charge is 2.39. The van der Waals surface area contributed by atoms with E-state index in [-0.39, 0.29) is 11.9 Å². The van der Waals surface area contributed by atoms with Gasteiger partial charge in [-0.1, -0.05) is 18.2 Å². The van der Waals surface area contributed by atoms with Gasteiger partial charge in [0.15, 0.2) is 0 Å². The summed E-state index contributed by atoms with van der Waals surface area (Å²) in [5.41, 5.74) is 1.23. The number of carbonyl (C=O) groups excluding carboxylic acids is 1. The number of nitrogens with one attached hydrogen (secondary N) is 1. The van der Waals surface area contributed by atoms with Gasteiger partial charge in [0.05, 0.1) is 12.7 Å². The molecular formula is C16H19NO3. The Kier molecular flexibility index (Phi) is 3.49. The van der Waals surface area contributed by atoms with Crippen LogP contribution in [0.3, 0.4) is 0 Å². The van der Waals surface area contributed by atoms with E-state index in [2.05, 4.69) is 17.5 Å². The van der Waals surface area contributed by atoms with Gasteiger partial charge in [-0.3, -0.25) is 0 Å². The Hall–Kier alpha value is -1.81. The number of rotatable bonds is 4. The van der Waals surface area contributed by atoms with Crippen LogP contribution in [0.15, 0.2) is 36.4 Å². The summed E-state index contributed by atoms with van der Waals surface area (Å²) in [7, 11) is 1.36. The third-order valence-corrected chi connectivity index (χ3v) is 4.33. The number of anilines is 1. The first-order valence-corrected chi connectivity index (χ1v) is 6.98. The number of hydrogen-bond donors (Lipinski definition) is 2. The second-order valence-corrected chi connectivity index (χ2v) is 5.61. The minimum absolute atomic E-state index is 0.256. The monoisotopic (exact) mass is 273 g/mol. The van der Waals surface area contributed by atoms with E-state index in [1.165, 1.54) is 7.11 Å². The molecule has 1 fully saturated rings. The van der Waals surface area contributed by atoms with Crippen molar-refractivity contribution in [2.45, 2.75) is 19.1 Å². The van der Waals surface area contributed by atoms with E-state index in [0.29, 0.717) is 17.4 Å². The highest BCUT2D eigenvalue weighted by molar-refractivity contribution is 5.90. The molecule has 4 unspecified atom stereocenters. The van der Waals surface area contributed by atoms with Gasteiger partial charge in [0.1, 0.15) is 6.23 Å². The van der Waals surface area contributed by atoms with Gasteiger partial charge in [-0.2, -0.15) is 0 Å². The molecule has 4 nitrogen and oxygen atoms in total. The predicted molar refractivity (Wildman–Crippen MR) is 76.3 cm³/mol. The number of hydrogen-bond acceptors (Lipinski definition) is 4. The zero-order chi connectivity index (χ0) is 14.1. The standard InChI is InChI=1S/C16H19NO3/c1-20-16(19)12-3-2-4-13(9-12)17-15(18)14-8-10-5-6-11(14)7-10/h2-6,9-11,14-15,17-18H,7-8H2,1H3. The molecule has 0 heterocycles. The quantitative estimate of drug-likeness (QED) is 0.502. The number of carbonyl (C=O) groups is 1. The van der Waals surface area contributed by atoms with Crippen LogP contribution in [0.25, 0.3) is 0 Å². The van der Waals surface area contributed by atoms with Crippen LogP contribution in [0.1, 0.15) is 23.2 Å². The van der Waals surface area contributed by atoms with Crippen LogP contribution in [-0.4, -0.2) is 24.4 Å². The van der Waals surface area contributed by atoms with Crippen molar-refractivity contribution in [1.29, 1.82) is 0 Å². The van der Waals surface area contributed by atoms with E-state index in [4.69, 9.17) is 4.74 Å². The molecule has 1 aromatic carbocycles. The van der Waals surface area contributed by atoms with Crippen molar-refractivity contribution in [1.82, 2.24) is 0 Å². The summed E-state index contributed by atoms with van der Waals surface area (Å²) < 4.78 is 4.70. The van der Waals surface area contributed by atoms with Crippen LogP contribution in [0.4, 0.5) is 5.69 Å². The van der Waals surface area contributed by atoms with Crippen molar-refractivity contribution in [3.63, 3.8) is 0 Å². The molecule has 106 valence electrons. The highest BCUT2D eigenvalue weighted by atomic mass is 16.5. The van der Waals surface area contributed by atoms with E-state index in [9.17, 15) is 9.90 Å². The van der Waals surface area contributed by atoms with Gasteiger partial charge in [-0.25, -0.2) is 4.79 Å². The fourth-order valence-electron chi connectivity index (χ4n) is 3.32. The molecule has 2 N–H and O–H groups in total. The fourth-order valence-corrected chi connectivity index (χ4v) is 3.32. The second-order valence-electron chi connectivity index (χ2n) is 5.61. The number of fused-ring (bicyclic) bond motifs is 2. The van der Waals surface area contributed by atoms with Gasteiger partial charge in [0, 0.05) is 11.6 Å². The Labute approximate surface area is 118 Å². The average molecular weight is 273 g/mol. The number of benzene rings is 1. The van der Waals surface area contributed by atoms with Gasteiger partial charge < -0.3 is 15.2 Å². The fraction of sp³-hybridized carbons (Fsp3) is 0.438. The number of methoxy groups -OCH3 is 1. The summed E-state index contributed by atoms with van der Waals surface area (Å²) >= 11 is 0. The maximum absolute atomic E-state index is 11.5. The number of allylic oxidation sites excluding steroid dienone is 2. The van der Waals surface area contributed by atoms with Gasteiger partial charge >= 0.3 is 5.97 Å². The molecule has 0 amide bonds. The van der Waals surface area contributed by atoms with Gasteiger partial charge in [-0.15, -0.1) is 0 Å². The molecule has 2 bridgehead atoms. The van der Waals surface area contributed by atoms with Gasteiger partial charge in [0.2, 0.25) is 0 Å². The number of aliphatic hydroxyl groups excluding tert-OH is 1. The smallest absolute Gasteiger partial charge is 0.337 e. The molecule has 0 radical (unpaired) electrons. The van der Waals surface area contributed by atoms with Crippen molar-refractivity contribution >= 4 is 11.7 Å². The van der Waals surface area contributed by atoms with Crippen LogP contribution < -0.4 is 5.32 Å². The van der Waals surface area contributed by atoms with Gasteiger partial charge in [0.25, 0.3) is 0 Å². The molecule has 0 aliphatic heterocycles. The lowest BCUT2D eigenvalue weighted by molar-refractivity contribution is 0.0600. The first-order valence-electron chi connectivity index (χ1n) is 6.98. The first-order chi connectivity index (χ1) is 9.67. The molecule has 3 rings (SSSR count). The third kappa shape index (κ3) is 2.43. The second kappa shape index (κ2) is 5.29. The minimum Gasteiger partial charge on any atom is -0.465 e. The highest BCUT2D eigenvalue weighted by Crippen LogP contribution is 2.44. The number of aliphatic hydroxyl groups is 1. The Morgan fingerprint density at radius 2 is 2.25 bits per heavy atom. The first kappa shape index (κ1) is 13.2. The SMILES string of the molecule is COC(=O)c1cccc(NC(O)C2CC3C=CC2C3)c1. The van der Waals surface area contributed by atoms with Crippen molar-refractivity contribution in [3.8, 4) is 0 Å². The largest absolute Gasteiger partial charge is 0.465 e. The molecule has 0 saturated heterocycles.